The topological polar surface area (TPSA) is 53.5 Å². The standard InChI is InChI=1S/C5H9N3O/c1-3-5(9)8-7-4(2)6-3/h3H,1-2H3,(H,6,7)(H,8,9). The summed E-state index contributed by atoms with van der Waals surface area (Å²) < 4.78 is 0. The van der Waals surface area contributed by atoms with E-state index in [0.717, 1.165) is 5.84 Å². The number of hydrazine groups is 1. The van der Waals surface area contributed by atoms with Crippen molar-refractivity contribution in [2.45, 2.75) is 19.9 Å². The average molecular weight is 127 g/mol. The van der Waals surface area contributed by atoms with E-state index in [2.05, 4.69) is 15.8 Å². The summed E-state index contributed by atoms with van der Waals surface area (Å²) in [4.78, 5) is 14.6. The molecule has 1 atom stereocenters. The van der Waals surface area contributed by atoms with Gasteiger partial charge in [0.2, 0.25) is 0 Å². The number of carbonyl (C=O) groups excluding carboxylic acids is 1. The van der Waals surface area contributed by atoms with Gasteiger partial charge in [-0.05, 0) is 13.8 Å². The van der Waals surface area contributed by atoms with Crippen molar-refractivity contribution in [2.75, 3.05) is 0 Å². The molecule has 50 valence electrons. The van der Waals surface area contributed by atoms with Crippen molar-refractivity contribution in [3.8, 4) is 0 Å². The normalized spacial score (nSPS) is 26.2. The fourth-order valence-electron chi connectivity index (χ4n) is 0.638. The number of carbonyl (C=O) groups is 1. The van der Waals surface area contributed by atoms with Crippen molar-refractivity contribution in [1.29, 1.82) is 0 Å². The van der Waals surface area contributed by atoms with E-state index in [-0.39, 0.29) is 11.9 Å². The summed E-state index contributed by atoms with van der Waals surface area (Å²) >= 11 is 0. The van der Waals surface area contributed by atoms with Crippen LogP contribution < -0.4 is 10.9 Å². The predicted octanol–water partition coefficient (Wildman–Crippen LogP) is -0.572. The smallest absolute Gasteiger partial charge is 0.262 e. The highest BCUT2D eigenvalue weighted by atomic mass is 16.2. The summed E-state index contributed by atoms with van der Waals surface area (Å²) in [5.41, 5.74) is 5.07. The molecule has 0 spiro atoms. The second-order valence-corrected chi connectivity index (χ2v) is 2.00. The van der Waals surface area contributed by atoms with Crippen LogP contribution in [0.2, 0.25) is 0 Å². The van der Waals surface area contributed by atoms with E-state index in [1.54, 1.807) is 13.8 Å². The van der Waals surface area contributed by atoms with Crippen LogP contribution in [0.3, 0.4) is 0 Å². The van der Waals surface area contributed by atoms with E-state index in [0.29, 0.717) is 0 Å². The SMILES string of the molecule is CC1=NC(C)C(=O)NN1. The lowest BCUT2D eigenvalue weighted by atomic mass is 10.3. The van der Waals surface area contributed by atoms with Crippen LogP contribution in [0.25, 0.3) is 0 Å². The first-order valence-electron chi connectivity index (χ1n) is 2.80. The highest BCUT2D eigenvalue weighted by Gasteiger charge is 2.14. The molecule has 1 aliphatic heterocycles. The van der Waals surface area contributed by atoms with Crippen LogP contribution in [-0.2, 0) is 4.79 Å². The molecule has 4 nitrogen and oxygen atoms in total. The van der Waals surface area contributed by atoms with Crippen molar-refractivity contribution in [3.05, 3.63) is 0 Å². The second-order valence-electron chi connectivity index (χ2n) is 2.00. The Morgan fingerprint density at radius 3 is 2.67 bits per heavy atom. The molecule has 0 aliphatic carbocycles. The molecule has 1 amide bonds. The van der Waals surface area contributed by atoms with Gasteiger partial charge in [-0.25, -0.2) is 0 Å². The Bertz CT molecular complexity index is 164. The first kappa shape index (κ1) is 6.07. The molecule has 0 aromatic heterocycles. The maximum atomic E-state index is 10.7. The largest absolute Gasteiger partial charge is 0.286 e. The Kier molecular flexibility index (Phi) is 1.38. The highest BCUT2D eigenvalue weighted by molar-refractivity contribution is 5.91. The molecule has 9 heavy (non-hydrogen) atoms. The lowest BCUT2D eigenvalue weighted by Crippen LogP contribution is -2.49. The number of amidine groups is 1. The lowest BCUT2D eigenvalue weighted by Gasteiger charge is -2.16. The highest BCUT2D eigenvalue weighted by Crippen LogP contribution is 1.92. The van der Waals surface area contributed by atoms with E-state index in [9.17, 15) is 4.79 Å². The molecule has 0 saturated carbocycles. The van der Waals surface area contributed by atoms with Crippen LogP contribution >= 0.6 is 0 Å². The molecule has 0 saturated heterocycles. The molecule has 0 radical (unpaired) electrons. The molecule has 0 bridgehead atoms. The second kappa shape index (κ2) is 2.05. The van der Waals surface area contributed by atoms with E-state index < -0.39 is 0 Å². The number of aliphatic imine (C=N–C) groups is 1. The van der Waals surface area contributed by atoms with Gasteiger partial charge in [0.15, 0.2) is 0 Å². The van der Waals surface area contributed by atoms with Crippen molar-refractivity contribution in [3.63, 3.8) is 0 Å². The van der Waals surface area contributed by atoms with Gasteiger partial charge in [0.1, 0.15) is 11.9 Å². The summed E-state index contributed by atoms with van der Waals surface area (Å²) in [7, 11) is 0. The maximum absolute atomic E-state index is 10.7. The zero-order chi connectivity index (χ0) is 6.85. The molecule has 1 heterocycles. The number of rotatable bonds is 0. The van der Waals surface area contributed by atoms with Crippen molar-refractivity contribution in [2.24, 2.45) is 4.99 Å². The first-order chi connectivity index (χ1) is 4.20. The van der Waals surface area contributed by atoms with Crippen LogP contribution in [-0.4, -0.2) is 17.8 Å². The summed E-state index contributed by atoms with van der Waals surface area (Å²) in [5.74, 6) is 0.669. The van der Waals surface area contributed by atoms with Crippen LogP contribution in [0.1, 0.15) is 13.8 Å². The first-order valence-corrected chi connectivity index (χ1v) is 2.80. The monoisotopic (exact) mass is 127 g/mol. The van der Waals surface area contributed by atoms with Gasteiger partial charge in [-0.2, -0.15) is 0 Å². The molecule has 1 rings (SSSR count). The Morgan fingerprint density at radius 2 is 2.22 bits per heavy atom. The third kappa shape index (κ3) is 1.19. The summed E-state index contributed by atoms with van der Waals surface area (Å²) in [6, 6.07) is -0.244. The molecule has 4 heteroatoms. The summed E-state index contributed by atoms with van der Waals surface area (Å²) in [6.07, 6.45) is 0. The maximum Gasteiger partial charge on any atom is 0.262 e. The number of nitrogens with zero attached hydrogens (tertiary/aromatic N) is 1. The Balaban J connectivity index is 2.69. The van der Waals surface area contributed by atoms with Gasteiger partial charge >= 0.3 is 0 Å². The van der Waals surface area contributed by atoms with E-state index in [1.807, 2.05) is 0 Å². The zero-order valence-electron chi connectivity index (χ0n) is 5.43. The number of nitrogens with one attached hydrogen (secondary N) is 2. The van der Waals surface area contributed by atoms with Gasteiger partial charge < -0.3 is 0 Å². The molecular weight excluding hydrogens is 118 g/mol. The predicted molar refractivity (Wildman–Crippen MR) is 33.8 cm³/mol. The van der Waals surface area contributed by atoms with Gasteiger partial charge in [0.05, 0.1) is 0 Å². The number of hydrogen-bond donors (Lipinski definition) is 2. The summed E-state index contributed by atoms with van der Waals surface area (Å²) in [6.45, 7) is 3.55. The van der Waals surface area contributed by atoms with Gasteiger partial charge in [-0.1, -0.05) is 0 Å². The number of amides is 1. The van der Waals surface area contributed by atoms with Crippen LogP contribution in [0, 0.1) is 0 Å². The molecule has 1 unspecified atom stereocenters. The molecular formula is C5H9N3O. The third-order valence-corrected chi connectivity index (χ3v) is 1.13. The fraction of sp³-hybridized carbons (Fsp3) is 0.600. The zero-order valence-corrected chi connectivity index (χ0v) is 5.43. The van der Waals surface area contributed by atoms with E-state index >= 15 is 0 Å². The summed E-state index contributed by atoms with van der Waals surface area (Å²) in [5, 5.41) is 0. The Labute approximate surface area is 53.3 Å². The minimum atomic E-state index is -0.244. The van der Waals surface area contributed by atoms with Crippen molar-refractivity contribution in [1.82, 2.24) is 10.9 Å². The average Bonchev–Trinajstić information content (AvgIpc) is 1.80. The fourth-order valence-corrected chi connectivity index (χ4v) is 0.638. The van der Waals surface area contributed by atoms with E-state index in [1.165, 1.54) is 0 Å². The van der Waals surface area contributed by atoms with Crippen molar-refractivity contribution >= 4 is 11.7 Å². The van der Waals surface area contributed by atoms with Gasteiger partial charge in [0.25, 0.3) is 5.91 Å². The molecule has 2 N–H and O–H groups in total. The minimum absolute atomic E-state index is 0.0828. The van der Waals surface area contributed by atoms with Crippen LogP contribution in [0.5, 0.6) is 0 Å². The van der Waals surface area contributed by atoms with Gasteiger partial charge in [0, 0.05) is 0 Å². The van der Waals surface area contributed by atoms with Crippen LogP contribution in [0.4, 0.5) is 0 Å². The molecule has 0 aromatic carbocycles. The van der Waals surface area contributed by atoms with Gasteiger partial charge in [-0.15, -0.1) is 0 Å². The quantitative estimate of drug-likeness (QED) is 0.457. The Hall–Kier alpha value is -1.06. The molecule has 0 aromatic rings. The van der Waals surface area contributed by atoms with Crippen LogP contribution in [0.15, 0.2) is 4.99 Å². The third-order valence-electron chi connectivity index (χ3n) is 1.13. The van der Waals surface area contributed by atoms with Crippen molar-refractivity contribution < 1.29 is 4.79 Å². The number of hydrogen-bond acceptors (Lipinski definition) is 3. The Morgan fingerprint density at radius 1 is 1.56 bits per heavy atom. The molecule has 1 aliphatic rings. The van der Waals surface area contributed by atoms with E-state index in [4.69, 9.17) is 0 Å². The lowest BCUT2D eigenvalue weighted by molar-refractivity contribution is -0.122. The van der Waals surface area contributed by atoms with Gasteiger partial charge in [-0.3, -0.25) is 20.6 Å². The molecule has 0 fully saturated rings. The minimum Gasteiger partial charge on any atom is -0.286 e.